The number of carbonyl (C=O) groups excluding carboxylic acids is 1. The van der Waals surface area contributed by atoms with E-state index in [0.29, 0.717) is 12.2 Å². The molecule has 0 bridgehead atoms. The van der Waals surface area contributed by atoms with Gasteiger partial charge in [-0.1, -0.05) is 0 Å². The third-order valence-corrected chi connectivity index (χ3v) is 4.14. The van der Waals surface area contributed by atoms with Gasteiger partial charge in [-0.3, -0.25) is 9.48 Å². The quantitative estimate of drug-likeness (QED) is 0.534. The highest BCUT2D eigenvalue weighted by molar-refractivity contribution is 5.93. The highest BCUT2D eigenvalue weighted by Gasteiger charge is 2.13. The second-order valence-electron chi connectivity index (χ2n) is 6.02. The van der Waals surface area contributed by atoms with Crippen molar-refractivity contribution in [2.24, 2.45) is 0 Å². The molecule has 8 heteroatoms. The van der Waals surface area contributed by atoms with E-state index in [1.807, 2.05) is 16.9 Å². The van der Waals surface area contributed by atoms with Gasteiger partial charge < -0.3 is 5.32 Å². The summed E-state index contributed by atoms with van der Waals surface area (Å²) in [6.45, 7) is 1.25. The molecule has 0 aliphatic rings. The molecule has 1 N–H and O–H groups in total. The number of nitrogens with one attached hydrogen (secondary N) is 1. The normalized spacial score (nSPS) is 11.0. The molecule has 0 atom stereocenters. The maximum absolute atomic E-state index is 13.2. The van der Waals surface area contributed by atoms with Gasteiger partial charge in [0.2, 0.25) is 0 Å². The third kappa shape index (κ3) is 3.69. The molecule has 0 aliphatic carbocycles. The number of carbonyl (C=O) groups is 1. The number of hydrogen-bond donors (Lipinski definition) is 1. The van der Waals surface area contributed by atoms with Crippen molar-refractivity contribution in [3.63, 3.8) is 0 Å². The molecule has 0 unspecified atom stereocenters. The summed E-state index contributed by atoms with van der Waals surface area (Å²) in [6.07, 6.45) is 6.01. The van der Waals surface area contributed by atoms with Gasteiger partial charge in [-0.15, -0.1) is 0 Å². The predicted molar refractivity (Wildman–Crippen MR) is 97.6 cm³/mol. The second kappa shape index (κ2) is 7.36. The fourth-order valence-electron chi connectivity index (χ4n) is 2.81. The lowest BCUT2D eigenvalue weighted by Gasteiger charge is -2.04. The van der Waals surface area contributed by atoms with Crippen LogP contribution < -0.4 is 5.32 Å². The maximum atomic E-state index is 13.2. The predicted octanol–water partition coefficient (Wildman–Crippen LogP) is 2.55. The van der Waals surface area contributed by atoms with Crippen molar-refractivity contribution in [3.05, 3.63) is 72.6 Å². The highest BCUT2D eigenvalue weighted by Crippen LogP contribution is 2.20. The van der Waals surface area contributed by atoms with Gasteiger partial charge >= 0.3 is 0 Å². The number of fused-ring (bicyclic) bond motifs is 1. The Hall–Kier alpha value is -3.55. The number of rotatable bonds is 6. The van der Waals surface area contributed by atoms with Crippen LogP contribution in [0.4, 0.5) is 4.39 Å². The van der Waals surface area contributed by atoms with E-state index in [9.17, 15) is 9.18 Å². The van der Waals surface area contributed by atoms with Crippen LogP contribution in [-0.2, 0) is 6.54 Å². The van der Waals surface area contributed by atoms with Crippen molar-refractivity contribution in [1.82, 2.24) is 29.7 Å². The summed E-state index contributed by atoms with van der Waals surface area (Å²) in [5, 5.41) is 11.3. The third-order valence-electron chi connectivity index (χ3n) is 4.14. The molecule has 3 heterocycles. The number of benzene rings is 1. The molecule has 27 heavy (non-hydrogen) atoms. The molecule has 0 radical (unpaired) electrons. The number of aromatic nitrogens is 5. The van der Waals surface area contributed by atoms with Crippen LogP contribution in [0.5, 0.6) is 0 Å². The van der Waals surface area contributed by atoms with Gasteiger partial charge in [-0.05, 0) is 42.8 Å². The Morgan fingerprint density at radius 3 is 2.78 bits per heavy atom. The van der Waals surface area contributed by atoms with Gasteiger partial charge in [0.05, 0.1) is 5.69 Å². The largest absolute Gasteiger partial charge is 0.351 e. The Morgan fingerprint density at radius 1 is 1.15 bits per heavy atom. The van der Waals surface area contributed by atoms with Gasteiger partial charge in [0.15, 0.2) is 11.3 Å². The van der Waals surface area contributed by atoms with E-state index in [0.717, 1.165) is 24.2 Å². The minimum Gasteiger partial charge on any atom is -0.351 e. The van der Waals surface area contributed by atoms with Crippen molar-refractivity contribution in [3.8, 4) is 11.3 Å². The molecule has 4 rings (SSSR count). The molecule has 0 aliphatic heterocycles. The van der Waals surface area contributed by atoms with Crippen molar-refractivity contribution in [2.45, 2.75) is 13.0 Å². The van der Waals surface area contributed by atoms with Crippen LogP contribution in [-0.4, -0.2) is 36.8 Å². The molecule has 1 aromatic carbocycles. The number of amides is 1. The van der Waals surface area contributed by atoms with Crippen molar-refractivity contribution in [1.29, 1.82) is 0 Å². The first-order valence-corrected chi connectivity index (χ1v) is 8.57. The summed E-state index contributed by atoms with van der Waals surface area (Å²) in [4.78, 5) is 16.6. The summed E-state index contributed by atoms with van der Waals surface area (Å²) >= 11 is 0. The van der Waals surface area contributed by atoms with Crippen LogP contribution in [0, 0.1) is 5.82 Å². The Labute approximate surface area is 154 Å². The molecule has 1 amide bonds. The van der Waals surface area contributed by atoms with Crippen molar-refractivity contribution in [2.75, 3.05) is 6.54 Å². The minimum absolute atomic E-state index is 0.258. The Kier molecular flexibility index (Phi) is 4.61. The van der Waals surface area contributed by atoms with E-state index in [1.165, 1.54) is 12.1 Å². The number of hydrogen-bond acceptors (Lipinski definition) is 4. The van der Waals surface area contributed by atoms with Crippen LogP contribution in [0.1, 0.15) is 16.9 Å². The van der Waals surface area contributed by atoms with E-state index in [2.05, 4.69) is 20.5 Å². The van der Waals surface area contributed by atoms with E-state index in [-0.39, 0.29) is 17.4 Å². The number of halogens is 1. The molecule has 136 valence electrons. The van der Waals surface area contributed by atoms with E-state index < -0.39 is 0 Å². The monoisotopic (exact) mass is 364 g/mol. The van der Waals surface area contributed by atoms with Crippen LogP contribution in [0.15, 0.2) is 61.1 Å². The van der Waals surface area contributed by atoms with Gasteiger partial charge in [0.25, 0.3) is 5.91 Å². The SMILES string of the molecule is O=C(NCCCn1cccn1)c1cc2nccc(-c3ccc(F)cc3)n2n1. The first-order valence-electron chi connectivity index (χ1n) is 8.57. The summed E-state index contributed by atoms with van der Waals surface area (Å²) in [5.41, 5.74) is 2.37. The van der Waals surface area contributed by atoms with Crippen molar-refractivity contribution >= 4 is 11.6 Å². The van der Waals surface area contributed by atoms with Crippen LogP contribution in [0.2, 0.25) is 0 Å². The summed E-state index contributed by atoms with van der Waals surface area (Å²) in [6, 6.07) is 11.4. The lowest BCUT2D eigenvalue weighted by molar-refractivity contribution is 0.0947. The topological polar surface area (TPSA) is 77.1 Å². The maximum Gasteiger partial charge on any atom is 0.271 e. The highest BCUT2D eigenvalue weighted by atomic mass is 19.1. The van der Waals surface area contributed by atoms with E-state index in [1.54, 1.807) is 41.2 Å². The number of aryl methyl sites for hydroxylation is 1. The summed E-state index contributed by atoms with van der Waals surface area (Å²) in [5.74, 6) is -0.564. The summed E-state index contributed by atoms with van der Waals surface area (Å²) < 4.78 is 16.6. The molecular formula is C19H17FN6O. The molecule has 0 saturated heterocycles. The smallest absolute Gasteiger partial charge is 0.271 e. The Balaban J connectivity index is 1.48. The fraction of sp³-hybridized carbons (Fsp3) is 0.158. The average Bonchev–Trinajstić information content (AvgIpc) is 3.35. The molecule has 3 aromatic heterocycles. The van der Waals surface area contributed by atoms with Crippen LogP contribution in [0.3, 0.4) is 0 Å². The van der Waals surface area contributed by atoms with Crippen molar-refractivity contribution < 1.29 is 9.18 Å². The first-order chi connectivity index (χ1) is 13.2. The van der Waals surface area contributed by atoms with Gasteiger partial charge in [-0.2, -0.15) is 10.2 Å². The zero-order valence-corrected chi connectivity index (χ0v) is 14.4. The lowest BCUT2D eigenvalue weighted by atomic mass is 10.1. The molecule has 0 fully saturated rings. The molecule has 0 spiro atoms. The van der Waals surface area contributed by atoms with Crippen LogP contribution in [0.25, 0.3) is 16.9 Å². The lowest BCUT2D eigenvalue weighted by Crippen LogP contribution is -2.25. The standard InChI is InChI=1S/C19H17FN6O/c20-15-5-3-14(4-6-15)17-7-10-21-18-13-16(24-26(17)18)19(27)22-8-1-11-25-12-2-9-23-25/h2-7,9-10,12-13H,1,8,11H2,(H,22,27). The van der Waals surface area contributed by atoms with Gasteiger partial charge in [0.1, 0.15) is 5.82 Å². The second-order valence-corrected chi connectivity index (χ2v) is 6.02. The Bertz CT molecular complexity index is 1060. The molecule has 0 saturated carbocycles. The van der Waals surface area contributed by atoms with Gasteiger partial charge in [0, 0.05) is 43.3 Å². The van der Waals surface area contributed by atoms with Gasteiger partial charge in [-0.25, -0.2) is 13.9 Å². The molecule has 4 aromatic rings. The fourth-order valence-corrected chi connectivity index (χ4v) is 2.81. The Morgan fingerprint density at radius 2 is 2.00 bits per heavy atom. The van der Waals surface area contributed by atoms with E-state index >= 15 is 0 Å². The number of nitrogens with zero attached hydrogens (tertiary/aromatic N) is 5. The van der Waals surface area contributed by atoms with E-state index in [4.69, 9.17) is 0 Å². The van der Waals surface area contributed by atoms with Crippen LogP contribution >= 0.6 is 0 Å². The minimum atomic E-state index is -0.306. The average molecular weight is 364 g/mol. The summed E-state index contributed by atoms with van der Waals surface area (Å²) in [7, 11) is 0. The molecular weight excluding hydrogens is 347 g/mol. The first kappa shape index (κ1) is 16.9. The zero-order valence-electron chi connectivity index (χ0n) is 14.4. The zero-order chi connectivity index (χ0) is 18.6. The molecule has 7 nitrogen and oxygen atoms in total.